The number of benzene rings is 3. The van der Waals surface area contributed by atoms with E-state index < -0.39 is 12.2 Å². The van der Waals surface area contributed by atoms with Gasteiger partial charge in [0.15, 0.2) is 0 Å². The van der Waals surface area contributed by atoms with Gasteiger partial charge >= 0.3 is 6.03 Å². The Balaban J connectivity index is 1.47. The highest BCUT2D eigenvalue weighted by molar-refractivity contribution is 5.92. The molecule has 5 rings (SSSR count). The lowest BCUT2D eigenvalue weighted by molar-refractivity contribution is -0.189. The molecule has 9 heteroatoms. The first kappa shape index (κ1) is 26.2. The Kier molecular flexibility index (Phi) is 7.51. The first-order valence-corrected chi connectivity index (χ1v) is 13.0. The highest BCUT2D eigenvalue weighted by Crippen LogP contribution is 2.37. The zero-order chi connectivity index (χ0) is 27.5. The lowest BCUT2D eigenvalue weighted by Gasteiger charge is -2.55. The normalized spacial score (nSPS) is 20.4. The van der Waals surface area contributed by atoms with Crippen molar-refractivity contribution in [2.45, 2.75) is 31.7 Å². The monoisotopic (exact) mass is 527 g/mol. The summed E-state index contributed by atoms with van der Waals surface area (Å²) in [5.41, 5.74) is 2.61. The summed E-state index contributed by atoms with van der Waals surface area (Å²) in [5, 5.41) is 6.19. The van der Waals surface area contributed by atoms with Crippen molar-refractivity contribution in [2.75, 3.05) is 27.2 Å². The Bertz CT molecular complexity index is 1320. The van der Waals surface area contributed by atoms with Gasteiger partial charge in [-0.25, -0.2) is 14.8 Å². The molecule has 0 spiro atoms. The maximum Gasteiger partial charge on any atom is 0.334 e. The predicted molar refractivity (Wildman–Crippen MR) is 146 cm³/mol. The Labute approximate surface area is 228 Å². The quantitative estimate of drug-likeness (QED) is 0.530. The number of hydrogen-bond donors (Lipinski definition) is 1. The van der Waals surface area contributed by atoms with Crippen LogP contribution in [0.3, 0.4) is 0 Å². The number of methoxy groups -OCH3 is 1. The molecule has 3 aromatic rings. The van der Waals surface area contributed by atoms with E-state index in [0.29, 0.717) is 12.1 Å². The van der Waals surface area contributed by atoms with Gasteiger partial charge in [0, 0.05) is 13.6 Å². The first-order valence-electron chi connectivity index (χ1n) is 13.0. The van der Waals surface area contributed by atoms with Gasteiger partial charge < -0.3 is 19.9 Å². The Morgan fingerprint density at radius 1 is 0.974 bits per heavy atom. The van der Waals surface area contributed by atoms with Crippen molar-refractivity contribution in [1.29, 1.82) is 0 Å². The lowest BCUT2D eigenvalue weighted by atomic mass is 9.96. The third-order valence-corrected chi connectivity index (χ3v) is 7.45. The molecule has 2 saturated heterocycles. The first-order chi connectivity index (χ1) is 18.9. The molecule has 2 aliphatic heterocycles. The van der Waals surface area contributed by atoms with E-state index in [-0.39, 0.29) is 37.0 Å². The van der Waals surface area contributed by atoms with Gasteiger partial charge in [-0.05, 0) is 35.7 Å². The summed E-state index contributed by atoms with van der Waals surface area (Å²) in [7, 11) is 3.33. The summed E-state index contributed by atoms with van der Waals surface area (Å²) in [5.74, 6) is 0.377. The van der Waals surface area contributed by atoms with Crippen LogP contribution >= 0.6 is 0 Å². The number of hydrogen-bond acceptors (Lipinski definition) is 5. The van der Waals surface area contributed by atoms with Crippen molar-refractivity contribution >= 4 is 17.8 Å². The van der Waals surface area contributed by atoms with Crippen LogP contribution in [0.15, 0.2) is 84.9 Å². The summed E-state index contributed by atoms with van der Waals surface area (Å²) in [6.07, 6.45) is -0.679. The molecule has 0 aliphatic carbocycles. The van der Waals surface area contributed by atoms with E-state index in [2.05, 4.69) is 5.32 Å². The van der Waals surface area contributed by atoms with Crippen molar-refractivity contribution in [2.24, 2.45) is 0 Å². The molecule has 2 aliphatic rings. The Morgan fingerprint density at radius 3 is 2.26 bits per heavy atom. The van der Waals surface area contributed by atoms with Crippen molar-refractivity contribution in [3.63, 3.8) is 0 Å². The fourth-order valence-corrected chi connectivity index (χ4v) is 5.38. The molecule has 0 bridgehead atoms. The van der Waals surface area contributed by atoms with Crippen LogP contribution in [0, 0.1) is 0 Å². The summed E-state index contributed by atoms with van der Waals surface area (Å²) in [4.78, 5) is 44.5. The number of ether oxygens (including phenoxy) is 1. The predicted octanol–water partition coefficient (Wildman–Crippen LogP) is 3.57. The van der Waals surface area contributed by atoms with Crippen LogP contribution in [0.1, 0.15) is 35.7 Å². The summed E-state index contributed by atoms with van der Waals surface area (Å²) in [6.45, 7) is 2.45. The molecule has 0 unspecified atom stereocenters. The van der Waals surface area contributed by atoms with E-state index in [9.17, 15) is 14.4 Å². The zero-order valence-corrected chi connectivity index (χ0v) is 22.4. The van der Waals surface area contributed by atoms with Crippen LogP contribution in [0.25, 0.3) is 0 Å². The SMILES string of the molecule is COc1ccc(CNC(=O)N2[C@H]3CN([C@H](C)c4ccccc4)C(=O)[C@H](c4ccccc4)N3C(=O)CN2C)cc1. The van der Waals surface area contributed by atoms with Crippen LogP contribution in [0.4, 0.5) is 4.79 Å². The van der Waals surface area contributed by atoms with E-state index in [1.807, 2.05) is 91.9 Å². The van der Waals surface area contributed by atoms with Gasteiger partial charge in [-0.3, -0.25) is 9.59 Å². The molecule has 2 fully saturated rings. The van der Waals surface area contributed by atoms with Gasteiger partial charge in [0.2, 0.25) is 5.91 Å². The van der Waals surface area contributed by atoms with Crippen LogP contribution < -0.4 is 10.1 Å². The minimum Gasteiger partial charge on any atom is -0.497 e. The fraction of sp³-hybridized carbons (Fsp3) is 0.300. The average Bonchev–Trinajstić information content (AvgIpc) is 2.96. The average molecular weight is 528 g/mol. The smallest absolute Gasteiger partial charge is 0.334 e. The molecular weight excluding hydrogens is 494 g/mol. The van der Waals surface area contributed by atoms with Gasteiger partial charge in [-0.15, -0.1) is 0 Å². The van der Waals surface area contributed by atoms with E-state index in [1.165, 1.54) is 0 Å². The number of likely N-dealkylation sites (N-methyl/N-ethyl adjacent to an activating group) is 1. The fourth-order valence-electron chi connectivity index (χ4n) is 5.38. The number of carbonyl (C=O) groups excluding carboxylic acids is 3. The van der Waals surface area contributed by atoms with Crippen molar-refractivity contribution < 1.29 is 19.1 Å². The van der Waals surface area contributed by atoms with E-state index in [1.54, 1.807) is 34.0 Å². The third-order valence-electron chi connectivity index (χ3n) is 7.45. The molecule has 4 amide bonds. The van der Waals surface area contributed by atoms with Crippen LogP contribution in [0.5, 0.6) is 5.75 Å². The summed E-state index contributed by atoms with van der Waals surface area (Å²) < 4.78 is 5.22. The minimum atomic E-state index is -0.839. The molecule has 0 aromatic heterocycles. The standard InChI is InChI=1S/C30H33N5O4/c1-21(23-10-6-4-7-11-23)33-19-26-34(28(29(33)37)24-12-8-5-9-13-24)27(36)20-32(2)35(26)30(38)31-18-22-14-16-25(39-3)17-15-22/h4-17,21,26,28H,18-20H2,1-3H3,(H,31,38)/t21-,26+,28+/m1/s1. The van der Waals surface area contributed by atoms with Gasteiger partial charge in [-0.2, -0.15) is 0 Å². The highest BCUT2D eigenvalue weighted by Gasteiger charge is 2.52. The molecule has 0 radical (unpaired) electrons. The number of hydrazine groups is 1. The molecule has 39 heavy (non-hydrogen) atoms. The molecule has 3 aromatic carbocycles. The second-order valence-corrected chi connectivity index (χ2v) is 9.84. The summed E-state index contributed by atoms with van der Waals surface area (Å²) in [6, 6.07) is 25.1. The largest absolute Gasteiger partial charge is 0.497 e. The van der Waals surface area contributed by atoms with Crippen molar-refractivity contribution in [3.8, 4) is 5.75 Å². The van der Waals surface area contributed by atoms with Crippen molar-refractivity contribution in [3.05, 3.63) is 102 Å². The van der Waals surface area contributed by atoms with Crippen LogP contribution in [-0.2, 0) is 16.1 Å². The van der Waals surface area contributed by atoms with Crippen LogP contribution in [0.2, 0.25) is 0 Å². The molecule has 9 nitrogen and oxygen atoms in total. The number of nitrogens with one attached hydrogen (secondary N) is 1. The van der Waals surface area contributed by atoms with Gasteiger partial charge in [0.05, 0.1) is 26.2 Å². The van der Waals surface area contributed by atoms with Gasteiger partial charge in [0.1, 0.15) is 18.0 Å². The van der Waals surface area contributed by atoms with E-state index >= 15 is 0 Å². The molecule has 2 heterocycles. The maximum absolute atomic E-state index is 14.1. The number of piperazine rings is 1. The van der Waals surface area contributed by atoms with Gasteiger partial charge in [-0.1, -0.05) is 72.8 Å². The zero-order valence-electron chi connectivity index (χ0n) is 22.4. The Morgan fingerprint density at radius 2 is 1.62 bits per heavy atom. The highest BCUT2D eigenvalue weighted by atomic mass is 16.5. The second kappa shape index (κ2) is 11.2. The van der Waals surface area contributed by atoms with E-state index in [4.69, 9.17) is 4.74 Å². The lowest BCUT2D eigenvalue weighted by Crippen LogP contribution is -2.73. The van der Waals surface area contributed by atoms with Crippen LogP contribution in [-0.4, -0.2) is 71.1 Å². The number of carbonyl (C=O) groups is 3. The van der Waals surface area contributed by atoms with Gasteiger partial charge in [0.25, 0.3) is 5.91 Å². The molecule has 3 atom stereocenters. The molecule has 0 saturated carbocycles. The van der Waals surface area contributed by atoms with Crippen molar-refractivity contribution in [1.82, 2.24) is 25.1 Å². The number of amides is 4. The summed E-state index contributed by atoms with van der Waals surface area (Å²) >= 11 is 0. The molecule has 202 valence electrons. The van der Waals surface area contributed by atoms with E-state index in [0.717, 1.165) is 16.9 Å². The number of urea groups is 1. The molecule has 1 N–H and O–H groups in total. The Hall–Kier alpha value is -4.37. The number of nitrogens with zero attached hydrogens (tertiary/aromatic N) is 4. The second-order valence-electron chi connectivity index (χ2n) is 9.84. The number of fused-ring (bicyclic) bond motifs is 1. The maximum atomic E-state index is 14.1. The molecular formula is C30H33N5O4. The third kappa shape index (κ3) is 5.18. The topological polar surface area (TPSA) is 85.4 Å². The minimum absolute atomic E-state index is 0.0166. The number of rotatable bonds is 6.